The number of ether oxygens (including phenoxy) is 1. The maximum atomic E-state index is 6.04. The van der Waals surface area contributed by atoms with Crippen molar-refractivity contribution in [3.8, 4) is 17.2 Å². The monoisotopic (exact) mass is 389 g/mol. The van der Waals surface area contributed by atoms with E-state index in [1.54, 1.807) is 4.68 Å². The summed E-state index contributed by atoms with van der Waals surface area (Å²) in [5.74, 6) is 2.25. The molecule has 29 heavy (non-hydrogen) atoms. The third-order valence-electron chi connectivity index (χ3n) is 5.16. The van der Waals surface area contributed by atoms with Gasteiger partial charge in [-0.15, -0.1) is 0 Å². The van der Waals surface area contributed by atoms with Crippen LogP contribution in [0.3, 0.4) is 0 Å². The summed E-state index contributed by atoms with van der Waals surface area (Å²) in [6, 6.07) is 12.3. The van der Waals surface area contributed by atoms with Gasteiger partial charge in [-0.25, -0.2) is 9.67 Å². The summed E-state index contributed by atoms with van der Waals surface area (Å²) in [6.45, 7) is 7.07. The number of aryl methyl sites for hydroxylation is 2. The lowest BCUT2D eigenvalue weighted by molar-refractivity contribution is 0.122. The van der Waals surface area contributed by atoms with Crippen LogP contribution in [0.1, 0.15) is 18.2 Å². The van der Waals surface area contributed by atoms with E-state index >= 15 is 0 Å². The maximum Gasteiger partial charge on any atom is 0.253 e. The lowest BCUT2D eigenvalue weighted by Gasteiger charge is -2.27. The molecule has 3 aromatic heterocycles. The van der Waals surface area contributed by atoms with E-state index in [9.17, 15) is 0 Å². The number of hydrogen-bond donors (Lipinski definition) is 0. The predicted octanol–water partition coefficient (Wildman–Crippen LogP) is 3.78. The molecule has 1 saturated heterocycles. The topological polar surface area (TPSA) is 69.2 Å². The van der Waals surface area contributed by atoms with Crippen molar-refractivity contribution in [2.45, 2.75) is 20.3 Å². The Hall–Kier alpha value is -3.19. The molecule has 148 valence electrons. The first-order valence-electron chi connectivity index (χ1n) is 9.97. The first kappa shape index (κ1) is 17.9. The van der Waals surface area contributed by atoms with E-state index in [1.807, 2.05) is 24.4 Å². The lowest BCUT2D eigenvalue weighted by atomic mass is 10.1. The Labute approximate surface area is 168 Å². The number of anilines is 1. The van der Waals surface area contributed by atoms with Crippen molar-refractivity contribution in [2.75, 3.05) is 31.2 Å². The molecule has 5 rings (SSSR count). The molecule has 1 aliphatic rings. The Kier molecular flexibility index (Phi) is 4.52. The highest BCUT2D eigenvalue weighted by Gasteiger charge is 2.21. The number of aromatic nitrogens is 4. The van der Waals surface area contributed by atoms with Gasteiger partial charge in [0.1, 0.15) is 11.3 Å². The van der Waals surface area contributed by atoms with Gasteiger partial charge in [-0.05, 0) is 19.1 Å². The molecule has 4 aromatic rings. The summed E-state index contributed by atoms with van der Waals surface area (Å²) in [7, 11) is 0. The second kappa shape index (κ2) is 7.33. The van der Waals surface area contributed by atoms with Gasteiger partial charge in [0.2, 0.25) is 0 Å². The van der Waals surface area contributed by atoms with Gasteiger partial charge in [-0.2, -0.15) is 10.1 Å². The zero-order chi connectivity index (χ0) is 19.8. The van der Waals surface area contributed by atoms with E-state index < -0.39 is 0 Å². The molecule has 0 amide bonds. The van der Waals surface area contributed by atoms with E-state index in [4.69, 9.17) is 24.2 Å². The highest BCUT2D eigenvalue weighted by molar-refractivity contribution is 5.85. The molecule has 1 aliphatic heterocycles. The minimum absolute atomic E-state index is 0.543. The second-order valence-corrected chi connectivity index (χ2v) is 7.24. The first-order valence-corrected chi connectivity index (χ1v) is 9.97. The third-order valence-corrected chi connectivity index (χ3v) is 5.16. The van der Waals surface area contributed by atoms with Crippen LogP contribution in [0.15, 0.2) is 47.0 Å². The van der Waals surface area contributed by atoms with Gasteiger partial charge in [-0.3, -0.25) is 0 Å². The van der Waals surface area contributed by atoms with E-state index in [0.29, 0.717) is 19.2 Å². The number of fused-ring (bicyclic) bond motifs is 1. The fraction of sp³-hybridized carbons (Fsp3) is 0.318. The summed E-state index contributed by atoms with van der Waals surface area (Å²) in [6.07, 6.45) is 2.72. The number of furan rings is 1. The minimum Gasteiger partial charge on any atom is -0.455 e. The number of benzene rings is 1. The average molecular weight is 389 g/mol. The van der Waals surface area contributed by atoms with Gasteiger partial charge < -0.3 is 14.1 Å². The molecule has 1 aromatic carbocycles. The van der Waals surface area contributed by atoms with E-state index in [1.165, 1.54) is 5.56 Å². The maximum absolute atomic E-state index is 6.04. The van der Waals surface area contributed by atoms with Crippen LogP contribution in [-0.4, -0.2) is 46.1 Å². The molecular formula is C22H23N5O2. The summed E-state index contributed by atoms with van der Waals surface area (Å²) >= 11 is 0. The summed E-state index contributed by atoms with van der Waals surface area (Å²) < 4.78 is 13.3. The number of morpholine rings is 1. The van der Waals surface area contributed by atoms with Crippen LogP contribution in [0.2, 0.25) is 0 Å². The highest BCUT2D eigenvalue weighted by atomic mass is 16.5. The van der Waals surface area contributed by atoms with Gasteiger partial charge in [0.05, 0.1) is 18.9 Å². The minimum atomic E-state index is 0.543. The standard InChI is InChI=1S/C22H23N5O2/c1-3-17-14-19-20(29-17)21(26-9-11-28-12-10-26)24-22(23-19)27-8-7-18(25-27)16-6-4-5-15(2)13-16/h4-8,13-14H,3,9-12H2,1-2H3. The zero-order valence-electron chi connectivity index (χ0n) is 16.6. The zero-order valence-corrected chi connectivity index (χ0v) is 16.6. The van der Waals surface area contributed by atoms with Gasteiger partial charge >= 0.3 is 0 Å². The van der Waals surface area contributed by atoms with Crippen molar-refractivity contribution < 1.29 is 9.15 Å². The summed E-state index contributed by atoms with van der Waals surface area (Å²) in [4.78, 5) is 11.8. The normalized spacial score (nSPS) is 14.6. The molecule has 0 spiro atoms. The van der Waals surface area contributed by atoms with Crippen LogP contribution in [-0.2, 0) is 11.2 Å². The molecule has 0 N–H and O–H groups in total. The van der Waals surface area contributed by atoms with Crippen LogP contribution in [0.25, 0.3) is 28.3 Å². The molecule has 0 aliphatic carbocycles. The molecule has 4 heterocycles. The van der Waals surface area contributed by atoms with Crippen molar-refractivity contribution in [1.29, 1.82) is 0 Å². The smallest absolute Gasteiger partial charge is 0.253 e. The molecular weight excluding hydrogens is 366 g/mol. The van der Waals surface area contributed by atoms with Gasteiger partial charge in [0.25, 0.3) is 5.95 Å². The third kappa shape index (κ3) is 3.38. The Morgan fingerprint density at radius 3 is 2.72 bits per heavy atom. The number of nitrogens with zero attached hydrogens (tertiary/aromatic N) is 5. The highest BCUT2D eigenvalue weighted by Crippen LogP contribution is 2.29. The Morgan fingerprint density at radius 1 is 1.07 bits per heavy atom. The summed E-state index contributed by atoms with van der Waals surface area (Å²) in [5.41, 5.74) is 4.72. The molecule has 0 atom stereocenters. The van der Waals surface area contributed by atoms with Crippen LogP contribution in [0.4, 0.5) is 5.82 Å². The second-order valence-electron chi connectivity index (χ2n) is 7.24. The number of hydrogen-bond acceptors (Lipinski definition) is 6. The van der Waals surface area contributed by atoms with Gasteiger partial charge in [0.15, 0.2) is 11.4 Å². The molecule has 0 bridgehead atoms. The first-order chi connectivity index (χ1) is 14.2. The van der Waals surface area contributed by atoms with Crippen molar-refractivity contribution in [3.63, 3.8) is 0 Å². The molecule has 0 radical (unpaired) electrons. The molecule has 1 fully saturated rings. The predicted molar refractivity (Wildman–Crippen MR) is 112 cm³/mol. The van der Waals surface area contributed by atoms with Crippen LogP contribution < -0.4 is 4.90 Å². The summed E-state index contributed by atoms with van der Waals surface area (Å²) in [5, 5.41) is 4.73. The molecule has 0 saturated carbocycles. The van der Waals surface area contributed by atoms with Crippen molar-refractivity contribution in [2.24, 2.45) is 0 Å². The average Bonchev–Trinajstić information content (AvgIpc) is 3.41. The Morgan fingerprint density at radius 2 is 1.93 bits per heavy atom. The van der Waals surface area contributed by atoms with Crippen molar-refractivity contribution >= 4 is 16.9 Å². The number of rotatable bonds is 4. The van der Waals surface area contributed by atoms with Crippen LogP contribution in [0.5, 0.6) is 0 Å². The van der Waals surface area contributed by atoms with Crippen molar-refractivity contribution in [1.82, 2.24) is 19.7 Å². The van der Waals surface area contributed by atoms with Crippen LogP contribution >= 0.6 is 0 Å². The Bertz CT molecular complexity index is 1160. The van der Waals surface area contributed by atoms with Gasteiger partial charge in [-0.1, -0.05) is 30.7 Å². The Balaban J connectivity index is 1.60. The fourth-order valence-corrected chi connectivity index (χ4v) is 3.61. The van der Waals surface area contributed by atoms with Gasteiger partial charge in [0, 0.05) is 37.3 Å². The largest absolute Gasteiger partial charge is 0.455 e. The van der Waals surface area contributed by atoms with E-state index in [0.717, 1.165) is 53.4 Å². The van der Waals surface area contributed by atoms with E-state index in [2.05, 4.69) is 36.9 Å². The molecule has 7 heteroatoms. The molecule has 0 unspecified atom stereocenters. The fourth-order valence-electron chi connectivity index (χ4n) is 3.61. The lowest BCUT2D eigenvalue weighted by Crippen LogP contribution is -2.37. The molecule has 7 nitrogen and oxygen atoms in total. The van der Waals surface area contributed by atoms with Crippen LogP contribution in [0, 0.1) is 6.92 Å². The van der Waals surface area contributed by atoms with E-state index in [-0.39, 0.29) is 0 Å². The van der Waals surface area contributed by atoms with Crippen molar-refractivity contribution in [3.05, 3.63) is 53.9 Å². The SMILES string of the molecule is CCc1cc2nc(-n3ccc(-c4cccc(C)c4)n3)nc(N3CCOCC3)c2o1. The quantitative estimate of drug-likeness (QED) is 0.529.